The Labute approximate surface area is 112 Å². The maximum atomic E-state index is 13.3. The number of hydrogen-bond acceptors (Lipinski definition) is 1. The molecule has 0 heterocycles. The van der Waals surface area contributed by atoms with Crippen LogP contribution in [0, 0.1) is 11.6 Å². The molecule has 1 aliphatic rings. The number of hydrogen-bond donors (Lipinski definition) is 1. The summed E-state index contributed by atoms with van der Waals surface area (Å²) in [7, 11) is 0. The van der Waals surface area contributed by atoms with Crippen LogP contribution in [-0.2, 0) is 5.41 Å². The molecule has 4 heteroatoms. The Balaban J connectivity index is 2.09. The molecule has 1 aromatic carbocycles. The molecule has 1 N–H and O–H groups in total. The molecule has 0 atom stereocenters. The van der Waals surface area contributed by atoms with Crippen molar-refractivity contribution >= 4 is 11.6 Å². The van der Waals surface area contributed by atoms with Gasteiger partial charge in [0.05, 0.1) is 0 Å². The molecule has 1 aliphatic carbocycles. The van der Waals surface area contributed by atoms with E-state index >= 15 is 0 Å². The van der Waals surface area contributed by atoms with Crippen LogP contribution >= 0.6 is 11.6 Å². The van der Waals surface area contributed by atoms with Crippen molar-refractivity contribution in [2.45, 2.75) is 44.6 Å². The van der Waals surface area contributed by atoms with E-state index in [2.05, 4.69) is 5.32 Å². The molecule has 0 saturated heterocycles. The minimum Gasteiger partial charge on any atom is -0.314 e. The summed E-state index contributed by atoms with van der Waals surface area (Å²) < 4.78 is 26.3. The molecule has 1 fully saturated rings. The molecular weight excluding hydrogens is 256 g/mol. The van der Waals surface area contributed by atoms with Gasteiger partial charge in [0, 0.05) is 11.1 Å². The average Bonchev–Trinajstić information content (AvgIpc) is 3.07. The van der Waals surface area contributed by atoms with Crippen molar-refractivity contribution in [1.29, 1.82) is 0 Å². The molecule has 0 bridgehead atoms. The van der Waals surface area contributed by atoms with Gasteiger partial charge in [-0.05, 0) is 48.9 Å². The Morgan fingerprint density at radius 2 is 1.89 bits per heavy atom. The molecule has 1 saturated carbocycles. The monoisotopic (exact) mass is 273 g/mol. The van der Waals surface area contributed by atoms with Crippen molar-refractivity contribution in [2.75, 3.05) is 6.54 Å². The van der Waals surface area contributed by atoms with Gasteiger partial charge in [-0.3, -0.25) is 0 Å². The Kier molecular flexibility index (Phi) is 3.93. The minimum absolute atomic E-state index is 0.270. The Morgan fingerprint density at radius 1 is 1.28 bits per heavy atom. The summed E-state index contributed by atoms with van der Waals surface area (Å²) in [6, 6.07) is 2.93. The number of benzene rings is 1. The number of halogens is 3. The van der Waals surface area contributed by atoms with Crippen LogP contribution in [-0.4, -0.2) is 12.6 Å². The fourth-order valence-corrected chi connectivity index (χ4v) is 2.46. The molecule has 18 heavy (non-hydrogen) atoms. The van der Waals surface area contributed by atoms with Crippen LogP contribution in [0.4, 0.5) is 8.78 Å². The summed E-state index contributed by atoms with van der Waals surface area (Å²) in [5, 5.41) is 3.71. The van der Waals surface area contributed by atoms with Gasteiger partial charge in [-0.2, -0.15) is 0 Å². The van der Waals surface area contributed by atoms with Gasteiger partial charge in [0.1, 0.15) is 0 Å². The zero-order valence-electron chi connectivity index (χ0n) is 10.7. The van der Waals surface area contributed by atoms with Gasteiger partial charge in [0.2, 0.25) is 0 Å². The summed E-state index contributed by atoms with van der Waals surface area (Å²) in [6.45, 7) is 4.87. The highest BCUT2D eigenvalue weighted by Crippen LogP contribution is 2.34. The lowest BCUT2D eigenvalue weighted by Crippen LogP contribution is -2.27. The predicted octanol–water partition coefficient (Wildman–Crippen LogP) is 4.04. The third-order valence-corrected chi connectivity index (χ3v) is 3.81. The summed E-state index contributed by atoms with van der Waals surface area (Å²) in [6.07, 6.45) is 3.33. The topological polar surface area (TPSA) is 12.0 Å². The summed E-state index contributed by atoms with van der Waals surface area (Å²) in [5.74, 6) is -1.73. The predicted molar refractivity (Wildman–Crippen MR) is 70.0 cm³/mol. The molecule has 1 aromatic rings. The molecule has 1 nitrogen and oxygen atoms in total. The van der Waals surface area contributed by atoms with E-state index in [-0.39, 0.29) is 5.41 Å². The summed E-state index contributed by atoms with van der Waals surface area (Å²) >= 11 is 6.01. The zero-order valence-corrected chi connectivity index (χ0v) is 11.5. The molecule has 100 valence electrons. The van der Waals surface area contributed by atoms with E-state index in [0.29, 0.717) is 16.6 Å². The second-order valence-electron chi connectivity index (χ2n) is 5.61. The molecule has 0 aromatic heterocycles. The largest absolute Gasteiger partial charge is 0.314 e. The molecule has 0 unspecified atom stereocenters. The zero-order chi connectivity index (χ0) is 13.3. The summed E-state index contributed by atoms with van der Waals surface area (Å²) in [5.41, 5.74) is 0.397. The SMILES string of the molecule is CC(C)(CCNC1CC1)c1cc(F)c(F)cc1Cl. The third kappa shape index (κ3) is 3.21. The standard InChI is InChI=1S/C14H18ClF2N/c1-14(2,5-6-18-9-3-4-9)10-7-12(16)13(17)8-11(10)15/h7-9,18H,3-6H2,1-2H3. The van der Waals surface area contributed by atoms with Crippen LogP contribution in [0.5, 0.6) is 0 Å². The van der Waals surface area contributed by atoms with E-state index < -0.39 is 11.6 Å². The Morgan fingerprint density at radius 3 is 2.50 bits per heavy atom. The van der Waals surface area contributed by atoms with Gasteiger partial charge in [-0.1, -0.05) is 25.4 Å². The van der Waals surface area contributed by atoms with Crippen molar-refractivity contribution < 1.29 is 8.78 Å². The van der Waals surface area contributed by atoms with Gasteiger partial charge in [-0.15, -0.1) is 0 Å². The second-order valence-corrected chi connectivity index (χ2v) is 6.02. The molecule has 0 spiro atoms. The van der Waals surface area contributed by atoms with Crippen LogP contribution in [0.3, 0.4) is 0 Å². The van der Waals surface area contributed by atoms with Gasteiger partial charge in [0.15, 0.2) is 11.6 Å². The van der Waals surface area contributed by atoms with E-state index in [1.54, 1.807) is 0 Å². The lowest BCUT2D eigenvalue weighted by molar-refractivity contribution is 0.447. The molecular formula is C14H18ClF2N. The van der Waals surface area contributed by atoms with Crippen molar-refractivity contribution in [1.82, 2.24) is 5.32 Å². The first kappa shape index (κ1) is 13.8. The van der Waals surface area contributed by atoms with Crippen LogP contribution in [0.2, 0.25) is 5.02 Å². The maximum absolute atomic E-state index is 13.3. The van der Waals surface area contributed by atoms with E-state index in [4.69, 9.17) is 11.6 Å². The normalized spacial score (nSPS) is 16.1. The lowest BCUT2D eigenvalue weighted by Gasteiger charge is -2.26. The van der Waals surface area contributed by atoms with E-state index in [1.165, 1.54) is 18.9 Å². The van der Waals surface area contributed by atoms with E-state index in [9.17, 15) is 8.78 Å². The first-order chi connectivity index (χ1) is 8.40. The fourth-order valence-electron chi connectivity index (χ4n) is 2.05. The molecule has 0 aliphatic heterocycles. The highest BCUT2D eigenvalue weighted by Gasteiger charge is 2.26. The van der Waals surface area contributed by atoms with Crippen LogP contribution in [0.15, 0.2) is 12.1 Å². The van der Waals surface area contributed by atoms with E-state index in [0.717, 1.165) is 19.0 Å². The van der Waals surface area contributed by atoms with Crippen LogP contribution < -0.4 is 5.32 Å². The second kappa shape index (κ2) is 5.14. The Bertz CT molecular complexity index is 442. The Hall–Kier alpha value is -0.670. The van der Waals surface area contributed by atoms with Crippen molar-refractivity contribution in [3.8, 4) is 0 Å². The first-order valence-corrected chi connectivity index (χ1v) is 6.66. The molecule has 0 radical (unpaired) electrons. The van der Waals surface area contributed by atoms with Crippen LogP contribution in [0.25, 0.3) is 0 Å². The van der Waals surface area contributed by atoms with Crippen molar-refractivity contribution in [3.05, 3.63) is 34.4 Å². The maximum Gasteiger partial charge on any atom is 0.160 e. The highest BCUT2D eigenvalue weighted by molar-refractivity contribution is 6.31. The highest BCUT2D eigenvalue weighted by atomic mass is 35.5. The van der Waals surface area contributed by atoms with Crippen molar-refractivity contribution in [3.63, 3.8) is 0 Å². The van der Waals surface area contributed by atoms with Gasteiger partial charge in [-0.25, -0.2) is 8.78 Å². The minimum atomic E-state index is -0.893. The van der Waals surface area contributed by atoms with E-state index in [1.807, 2.05) is 13.8 Å². The molecule has 2 rings (SSSR count). The van der Waals surface area contributed by atoms with Gasteiger partial charge >= 0.3 is 0 Å². The quantitative estimate of drug-likeness (QED) is 0.799. The first-order valence-electron chi connectivity index (χ1n) is 6.28. The van der Waals surface area contributed by atoms with Gasteiger partial charge in [0.25, 0.3) is 0 Å². The fraction of sp³-hybridized carbons (Fsp3) is 0.571. The van der Waals surface area contributed by atoms with Crippen LogP contribution in [0.1, 0.15) is 38.7 Å². The molecule has 0 amide bonds. The van der Waals surface area contributed by atoms with Crippen molar-refractivity contribution in [2.24, 2.45) is 0 Å². The lowest BCUT2D eigenvalue weighted by atomic mass is 9.81. The average molecular weight is 274 g/mol. The number of nitrogens with one attached hydrogen (secondary N) is 1. The van der Waals surface area contributed by atoms with Gasteiger partial charge < -0.3 is 5.32 Å². The third-order valence-electron chi connectivity index (χ3n) is 3.50. The summed E-state index contributed by atoms with van der Waals surface area (Å²) in [4.78, 5) is 0. The smallest absolute Gasteiger partial charge is 0.160 e. The number of rotatable bonds is 5.